The molecular weight excluding hydrogens is 261 g/mol. The van der Waals surface area contributed by atoms with Crippen molar-refractivity contribution in [3.05, 3.63) is 70.5 Å². The van der Waals surface area contributed by atoms with E-state index in [-0.39, 0.29) is 10.8 Å². The second-order valence-corrected chi connectivity index (χ2v) is 5.17. The maximum absolute atomic E-state index is 14.0. The van der Waals surface area contributed by atoms with E-state index in [1.807, 2.05) is 37.3 Å². The maximum atomic E-state index is 14.0. The van der Waals surface area contributed by atoms with Gasteiger partial charge in [-0.1, -0.05) is 61.0 Å². The molecule has 2 aromatic carbocycles. The van der Waals surface area contributed by atoms with E-state index in [2.05, 4.69) is 0 Å². The lowest BCUT2D eigenvalue weighted by atomic mass is 9.82. The summed E-state index contributed by atoms with van der Waals surface area (Å²) >= 11 is 5.82. The van der Waals surface area contributed by atoms with Crippen molar-refractivity contribution in [3.63, 3.8) is 0 Å². The number of hydrogen-bond acceptors (Lipinski definition) is 1. The van der Waals surface area contributed by atoms with Crippen molar-refractivity contribution < 1.29 is 4.39 Å². The summed E-state index contributed by atoms with van der Waals surface area (Å²) in [7, 11) is 0. The lowest BCUT2D eigenvalue weighted by Gasteiger charge is -2.29. The van der Waals surface area contributed by atoms with Crippen LogP contribution in [-0.2, 0) is 12.0 Å². The van der Waals surface area contributed by atoms with Gasteiger partial charge in [0.25, 0.3) is 0 Å². The topological polar surface area (TPSA) is 26.0 Å². The molecule has 2 rings (SSSR count). The second kappa shape index (κ2) is 5.72. The second-order valence-electron chi connectivity index (χ2n) is 4.77. The van der Waals surface area contributed by atoms with Crippen LogP contribution in [0.15, 0.2) is 48.5 Å². The van der Waals surface area contributed by atoms with E-state index in [1.165, 1.54) is 0 Å². The fourth-order valence-electron chi connectivity index (χ4n) is 2.23. The van der Waals surface area contributed by atoms with Crippen molar-refractivity contribution in [2.24, 2.45) is 5.73 Å². The highest BCUT2D eigenvalue weighted by atomic mass is 35.5. The van der Waals surface area contributed by atoms with Crippen molar-refractivity contribution in [2.75, 3.05) is 0 Å². The fraction of sp³-hybridized carbons (Fsp3) is 0.250. The Morgan fingerprint density at radius 3 is 2.42 bits per heavy atom. The molecule has 0 amide bonds. The van der Waals surface area contributed by atoms with Gasteiger partial charge in [0.15, 0.2) is 0 Å². The van der Waals surface area contributed by atoms with Gasteiger partial charge >= 0.3 is 0 Å². The summed E-state index contributed by atoms with van der Waals surface area (Å²) in [6.45, 7) is 2.01. The van der Waals surface area contributed by atoms with Crippen LogP contribution in [0.5, 0.6) is 0 Å². The van der Waals surface area contributed by atoms with Gasteiger partial charge in [0.2, 0.25) is 0 Å². The molecule has 0 saturated heterocycles. The van der Waals surface area contributed by atoms with Gasteiger partial charge in [-0.2, -0.15) is 0 Å². The average Bonchev–Trinajstić information content (AvgIpc) is 2.45. The molecule has 0 radical (unpaired) electrons. The molecule has 0 fully saturated rings. The molecule has 0 bridgehead atoms. The molecule has 0 aliphatic heterocycles. The summed E-state index contributed by atoms with van der Waals surface area (Å²) in [5, 5.41) is 0.143. The van der Waals surface area contributed by atoms with E-state index in [9.17, 15) is 4.39 Å². The average molecular weight is 278 g/mol. The van der Waals surface area contributed by atoms with E-state index in [0.29, 0.717) is 12.0 Å². The van der Waals surface area contributed by atoms with Crippen LogP contribution < -0.4 is 5.73 Å². The Morgan fingerprint density at radius 1 is 1.11 bits per heavy atom. The van der Waals surface area contributed by atoms with E-state index < -0.39 is 5.54 Å². The predicted molar refractivity (Wildman–Crippen MR) is 77.7 cm³/mol. The van der Waals surface area contributed by atoms with Gasteiger partial charge in [-0.3, -0.25) is 0 Å². The van der Waals surface area contributed by atoms with Crippen molar-refractivity contribution in [2.45, 2.75) is 25.3 Å². The van der Waals surface area contributed by atoms with Crippen LogP contribution in [0, 0.1) is 5.82 Å². The number of halogens is 2. The quantitative estimate of drug-likeness (QED) is 0.887. The lowest BCUT2D eigenvalue weighted by molar-refractivity contribution is 0.416. The minimum absolute atomic E-state index is 0.143. The summed E-state index contributed by atoms with van der Waals surface area (Å²) in [5.74, 6) is -0.372. The first-order valence-corrected chi connectivity index (χ1v) is 6.72. The third-order valence-corrected chi connectivity index (χ3v) is 3.81. The van der Waals surface area contributed by atoms with Crippen molar-refractivity contribution in [3.8, 4) is 0 Å². The van der Waals surface area contributed by atoms with Gasteiger partial charge < -0.3 is 5.73 Å². The highest BCUT2D eigenvalue weighted by molar-refractivity contribution is 6.30. The highest BCUT2D eigenvalue weighted by Gasteiger charge is 2.27. The van der Waals surface area contributed by atoms with Gasteiger partial charge in [0, 0.05) is 5.54 Å². The smallest absolute Gasteiger partial charge is 0.145 e. The summed E-state index contributed by atoms with van der Waals surface area (Å²) in [5.41, 5.74) is 7.45. The minimum Gasteiger partial charge on any atom is -0.321 e. The fourth-order valence-corrected chi connectivity index (χ4v) is 2.42. The predicted octanol–water partition coefficient (Wildman–Crippen LogP) is 4.29. The zero-order chi connectivity index (χ0) is 13.9. The normalized spacial score (nSPS) is 14.1. The van der Waals surface area contributed by atoms with Gasteiger partial charge in [0.05, 0.1) is 5.02 Å². The first-order chi connectivity index (χ1) is 9.07. The highest BCUT2D eigenvalue weighted by Crippen LogP contribution is 2.29. The van der Waals surface area contributed by atoms with Crippen LogP contribution >= 0.6 is 11.6 Å². The monoisotopic (exact) mass is 277 g/mol. The number of nitrogens with two attached hydrogens (primary N) is 1. The van der Waals surface area contributed by atoms with Crippen molar-refractivity contribution >= 4 is 11.6 Å². The molecule has 2 aromatic rings. The Balaban J connectivity index is 2.36. The van der Waals surface area contributed by atoms with Gasteiger partial charge in [-0.15, -0.1) is 0 Å². The van der Waals surface area contributed by atoms with Crippen LogP contribution in [0.25, 0.3) is 0 Å². The number of benzene rings is 2. The molecule has 1 atom stereocenters. The molecule has 0 aliphatic rings. The lowest BCUT2D eigenvalue weighted by Crippen LogP contribution is -2.38. The molecule has 0 aliphatic carbocycles. The number of rotatable bonds is 4. The van der Waals surface area contributed by atoms with Crippen LogP contribution in [-0.4, -0.2) is 0 Å². The Morgan fingerprint density at radius 2 is 1.79 bits per heavy atom. The standard InChI is InChI=1S/C16H17ClFN/c1-2-16(19,13-8-4-3-5-9-13)11-12-7-6-10-14(17)15(12)18/h3-10H,2,11,19H2,1H3. The summed E-state index contributed by atoms with van der Waals surface area (Å²) in [4.78, 5) is 0. The van der Waals surface area contributed by atoms with Gasteiger partial charge in [-0.25, -0.2) is 4.39 Å². The van der Waals surface area contributed by atoms with Crippen molar-refractivity contribution in [1.82, 2.24) is 0 Å². The maximum Gasteiger partial charge on any atom is 0.145 e. The molecule has 1 nitrogen and oxygen atoms in total. The molecule has 0 aromatic heterocycles. The summed E-state index contributed by atoms with van der Waals surface area (Å²) < 4.78 is 14.0. The Hall–Kier alpha value is -1.38. The third kappa shape index (κ3) is 2.96. The molecule has 1 unspecified atom stereocenters. The van der Waals surface area contributed by atoms with Gasteiger partial charge in [0.1, 0.15) is 5.82 Å². The molecule has 19 heavy (non-hydrogen) atoms. The molecule has 100 valence electrons. The molecular formula is C16H17ClFN. The Kier molecular flexibility index (Phi) is 4.23. The summed E-state index contributed by atoms with van der Waals surface area (Å²) in [6.07, 6.45) is 1.16. The molecule has 0 spiro atoms. The van der Waals surface area contributed by atoms with E-state index in [0.717, 1.165) is 12.0 Å². The van der Waals surface area contributed by atoms with Crippen LogP contribution in [0.2, 0.25) is 5.02 Å². The van der Waals surface area contributed by atoms with E-state index in [4.69, 9.17) is 17.3 Å². The van der Waals surface area contributed by atoms with Crippen molar-refractivity contribution in [1.29, 1.82) is 0 Å². The SMILES string of the molecule is CCC(N)(Cc1cccc(Cl)c1F)c1ccccc1. The van der Waals surface area contributed by atoms with Gasteiger partial charge in [-0.05, 0) is 30.0 Å². The molecule has 0 saturated carbocycles. The zero-order valence-corrected chi connectivity index (χ0v) is 11.6. The molecule has 0 heterocycles. The van der Waals surface area contributed by atoms with E-state index >= 15 is 0 Å². The van der Waals surface area contributed by atoms with Crippen LogP contribution in [0.4, 0.5) is 4.39 Å². The first kappa shape index (κ1) is 14.0. The largest absolute Gasteiger partial charge is 0.321 e. The van der Waals surface area contributed by atoms with Crippen LogP contribution in [0.3, 0.4) is 0 Å². The first-order valence-electron chi connectivity index (χ1n) is 6.34. The Labute approximate surface area is 118 Å². The number of hydrogen-bond donors (Lipinski definition) is 1. The van der Waals surface area contributed by atoms with Crippen LogP contribution in [0.1, 0.15) is 24.5 Å². The molecule has 2 N–H and O–H groups in total. The molecule has 3 heteroatoms. The third-order valence-electron chi connectivity index (χ3n) is 3.52. The van der Waals surface area contributed by atoms with E-state index in [1.54, 1.807) is 18.2 Å². The minimum atomic E-state index is -0.577. The summed E-state index contributed by atoms with van der Waals surface area (Å²) in [6, 6.07) is 14.8. The Bertz CT molecular complexity index is 556. The zero-order valence-electron chi connectivity index (χ0n) is 10.9.